The van der Waals surface area contributed by atoms with Crippen LogP contribution >= 0.6 is 11.5 Å². The molecule has 1 N–H and O–H groups in total. The standard InChI is InChI=1S/C23H26N4O2S2/c28-31(29,26-23-24-16-25-30-23)19-12-13-20-18(15-19)9-6-11-22(20)27-14-5-4-10-21(27)17-7-2-1-3-8-17/h1-3,7-8,12-13,15-16,21-22H,4-6,9-11,14H2,(H,24,25,26)/t21-,22?/m1/s1. The van der Waals surface area contributed by atoms with Crippen LogP contribution < -0.4 is 4.72 Å². The minimum absolute atomic E-state index is 0.287. The van der Waals surface area contributed by atoms with Crippen molar-refractivity contribution < 1.29 is 8.42 Å². The van der Waals surface area contributed by atoms with E-state index < -0.39 is 10.0 Å². The van der Waals surface area contributed by atoms with Gasteiger partial charge in [0, 0.05) is 23.6 Å². The first kappa shape index (κ1) is 20.6. The third kappa shape index (κ3) is 4.24. The Morgan fingerprint density at radius 3 is 2.65 bits per heavy atom. The summed E-state index contributed by atoms with van der Waals surface area (Å²) >= 11 is 1.03. The number of anilines is 1. The minimum atomic E-state index is -3.67. The number of sulfonamides is 1. The first-order valence-electron chi connectivity index (χ1n) is 10.8. The lowest BCUT2D eigenvalue weighted by molar-refractivity contribution is 0.0835. The van der Waals surface area contributed by atoms with E-state index in [4.69, 9.17) is 0 Å². The Hall–Kier alpha value is -2.29. The maximum absolute atomic E-state index is 12.8. The predicted octanol–water partition coefficient (Wildman–Crippen LogP) is 4.94. The summed E-state index contributed by atoms with van der Waals surface area (Å²) in [7, 11) is -3.67. The summed E-state index contributed by atoms with van der Waals surface area (Å²) in [6.45, 7) is 1.09. The molecule has 162 valence electrons. The third-order valence-electron chi connectivity index (χ3n) is 6.42. The summed E-state index contributed by atoms with van der Waals surface area (Å²) < 4.78 is 32.0. The number of nitrogens with zero attached hydrogens (tertiary/aromatic N) is 3. The number of hydrogen-bond acceptors (Lipinski definition) is 6. The number of hydrogen-bond donors (Lipinski definition) is 1. The molecular weight excluding hydrogens is 428 g/mol. The number of likely N-dealkylation sites (tertiary alicyclic amines) is 1. The first-order valence-corrected chi connectivity index (χ1v) is 13.1. The summed E-state index contributed by atoms with van der Waals surface area (Å²) in [5.74, 6) is 0. The van der Waals surface area contributed by atoms with Gasteiger partial charge in [0.2, 0.25) is 5.13 Å². The zero-order chi connectivity index (χ0) is 21.3. The number of piperidine rings is 1. The summed E-state index contributed by atoms with van der Waals surface area (Å²) in [6.07, 6.45) is 8.10. The monoisotopic (exact) mass is 454 g/mol. The number of fused-ring (bicyclic) bond motifs is 1. The molecule has 3 aromatic rings. The molecule has 1 fully saturated rings. The first-order chi connectivity index (χ1) is 15.1. The molecule has 0 saturated carbocycles. The lowest BCUT2D eigenvalue weighted by Gasteiger charge is -2.44. The average molecular weight is 455 g/mol. The van der Waals surface area contributed by atoms with E-state index in [0.717, 1.165) is 42.9 Å². The van der Waals surface area contributed by atoms with Crippen molar-refractivity contribution in [3.63, 3.8) is 0 Å². The van der Waals surface area contributed by atoms with E-state index in [9.17, 15) is 8.42 Å². The second-order valence-corrected chi connectivity index (χ2v) is 10.7. The Bertz CT molecular complexity index is 1130. The molecule has 5 rings (SSSR count). The largest absolute Gasteiger partial charge is 0.289 e. The van der Waals surface area contributed by atoms with Gasteiger partial charge in [0.15, 0.2) is 0 Å². The predicted molar refractivity (Wildman–Crippen MR) is 123 cm³/mol. The van der Waals surface area contributed by atoms with E-state index >= 15 is 0 Å². The van der Waals surface area contributed by atoms with Crippen molar-refractivity contribution >= 4 is 26.7 Å². The number of benzene rings is 2. The highest BCUT2D eigenvalue weighted by molar-refractivity contribution is 7.93. The molecule has 2 atom stereocenters. The summed E-state index contributed by atoms with van der Waals surface area (Å²) in [6, 6.07) is 17.2. The molecule has 2 heterocycles. The lowest BCUT2D eigenvalue weighted by atomic mass is 9.83. The molecule has 1 aliphatic heterocycles. The molecule has 1 aromatic heterocycles. The van der Waals surface area contributed by atoms with Gasteiger partial charge in [-0.2, -0.15) is 4.37 Å². The summed E-state index contributed by atoms with van der Waals surface area (Å²) in [4.78, 5) is 6.88. The van der Waals surface area contributed by atoms with Crippen LogP contribution in [0.1, 0.15) is 60.9 Å². The minimum Gasteiger partial charge on any atom is -0.289 e. The molecule has 2 aromatic carbocycles. The van der Waals surface area contributed by atoms with Crippen molar-refractivity contribution in [2.75, 3.05) is 11.3 Å². The molecule has 0 spiro atoms. The van der Waals surface area contributed by atoms with Gasteiger partial charge in [-0.25, -0.2) is 13.4 Å². The fourth-order valence-corrected chi connectivity index (χ4v) is 6.74. The van der Waals surface area contributed by atoms with Crippen LogP contribution in [0.25, 0.3) is 0 Å². The van der Waals surface area contributed by atoms with Gasteiger partial charge in [0.05, 0.1) is 4.90 Å². The molecule has 1 unspecified atom stereocenters. The normalized spacial score (nSPS) is 22.1. The van der Waals surface area contributed by atoms with Gasteiger partial charge in [-0.1, -0.05) is 42.8 Å². The van der Waals surface area contributed by atoms with Crippen LogP contribution in [0.3, 0.4) is 0 Å². The summed E-state index contributed by atoms with van der Waals surface area (Å²) in [5.41, 5.74) is 3.81. The molecule has 6 nitrogen and oxygen atoms in total. The number of rotatable bonds is 5. The number of aromatic nitrogens is 2. The van der Waals surface area contributed by atoms with E-state index in [0.29, 0.717) is 17.0 Å². The Kier molecular flexibility index (Phi) is 5.77. The van der Waals surface area contributed by atoms with E-state index in [2.05, 4.69) is 49.3 Å². The third-order valence-corrected chi connectivity index (χ3v) is 8.47. The fourth-order valence-electron chi connectivity index (χ4n) is 5.03. The van der Waals surface area contributed by atoms with E-state index in [1.807, 2.05) is 12.1 Å². The van der Waals surface area contributed by atoms with Gasteiger partial charge in [0.1, 0.15) is 6.33 Å². The van der Waals surface area contributed by atoms with Crippen LogP contribution in [0.4, 0.5) is 5.13 Å². The van der Waals surface area contributed by atoms with Gasteiger partial charge in [-0.3, -0.25) is 9.62 Å². The average Bonchev–Trinajstić information content (AvgIpc) is 3.31. The Labute approximate surface area is 187 Å². The molecule has 0 amide bonds. The molecule has 31 heavy (non-hydrogen) atoms. The lowest BCUT2D eigenvalue weighted by Crippen LogP contribution is -2.38. The number of aryl methyl sites for hydroxylation is 1. The van der Waals surface area contributed by atoms with Crippen LogP contribution in [0, 0.1) is 0 Å². The van der Waals surface area contributed by atoms with Gasteiger partial charge >= 0.3 is 0 Å². The van der Waals surface area contributed by atoms with E-state index in [-0.39, 0.29) is 5.13 Å². The van der Waals surface area contributed by atoms with Crippen molar-refractivity contribution in [1.29, 1.82) is 0 Å². The van der Waals surface area contributed by atoms with Crippen molar-refractivity contribution in [3.8, 4) is 0 Å². The van der Waals surface area contributed by atoms with Crippen molar-refractivity contribution in [2.45, 2.75) is 55.5 Å². The smallest absolute Gasteiger partial charge is 0.263 e. The topological polar surface area (TPSA) is 75.2 Å². The van der Waals surface area contributed by atoms with Crippen LogP contribution in [-0.4, -0.2) is 29.2 Å². The molecule has 1 aliphatic carbocycles. The molecule has 0 radical (unpaired) electrons. The highest BCUT2D eigenvalue weighted by Crippen LogP contribution is 2.43. The van der Waals surface area contributed by atoms with Crippen LogP contribution in [0.5, 0.6) is 0 Å². The Morgan fingerprint density at radius 1 is 1.00 bits per heavy atom. The van der Waals surface area contributed by atoms with Gasteiger partial charge in [0.25, 0.3) is 10.0 Å². The molecule has 8 heteroatoms. The van der Waals surface area contributed by atoms with Crippen molar-refractivity contribution in [3.05, 3.63) is 71.5 Å². The van der Waals surface area contributed by atoms with Crippen molar-refractivity contribution in [2.24, 2.45) is 0 Å². The molecule has 1 saturated heterocycles. The zero-order valence-corrected chi connectivity index (χ0v) is 18.9. The van der Waals surface area contributed by atoms with E-state index in [1.165, 1.54) is 36.7 Å². The highest BCUT2D eigenvalue weighted by Gasteiger charge is 2.33. The SMILES string of the molecule is O=S(=O)(Nc1ncns1)c1ccc2c(c1)CCCC2N1CCCC[C@@H]1c1ccccc1. The maximum Gasteiger partial charge on any atom is 0.263 e. The van der Waals surface area contributed by atoms with Gasteiger partial charge in [-0.05, 0) is 67.5 Å². The molecule has 2 aliphatic rings. The quantitative estimate of drug-likeness (QED) is 0.591. The number of nitrogens with one attached hydrogen (secondary N) is 1. The molecule has 0 bridgehead atoms. The summed E-state index contributed by atoms with van der Waals surface area (Å²) in [5, 5.41) is 0.287. The van der Waals surface area contributed by atoms with Gasteiger partial charge in [-0.15, -0.1) is 0 Å². The van der Waals surface area contributed by atoms with Crippen LogP contribution in [0.2, 0.25) is 0 Å². The molecular formula is C23H26N4O2S2. The van der Waals surface area contributed by atoms with Gasteiger partial charge < -0.3 is 0 Å². The second kappa shape index (κ2) is 8.68. The Balaban J connectivity index is 1.45. The van der Waals surface area contributed by atoms with Crippen LogP contribution in [0.15, 0.2) is 59.8 Å². The second-order valence-electron chi connectivity index (χ2n) is 8.28. The fraction of sp³-hybridized carbons (Fsp3) is 0.391. The van der Waals surface area contributed by atoms with Crippen LogP contribution in [-0.2, 0) is 16.4 Å². The maximum atomic E-state index is 12.8. The van der Waals surface area contributed by atoms with E-state index in [1.54, 1.807) is 6.07 Å². The highest BCUT2D eigenvalue weighted by atomic mass is 32.2. The van der Waals surface area contributed by atoms with Crippen molar-refractivity contribution in [1.82, 2.24) is 14.3 Å². The Morgan fingerprint density at radius 2 is 1.84 bits per heavy atom. The zero-order valence-electron chi connectivity index (χ0n) is 17.3.